The molecule has 0 radical (unpaired) electrons. The van der Waals surface area contributed by atoms with Gasteiger partial charge in [-0.3, -0.25) is 9.13 Å². The summed E-state index contributed by atoms with van der Waals surface area (Å²) in [5.41, 5.74) is 2.09. The van der Waals surface area contributed by atoms with E-state index in [1.807, 2.05) is 37.5 Å². The summed E-state index contributed by atoms with van der Waals surface area (Å²) in [6, 6.07) is 4.06. The lowest BCUT2D eigenvalue weighted by atomic mass is 9.93. The second kappa shape index (κ2) is 7.50. The molecule has 1 saturated heterocycles. The quantitative estimate of drug-likeness (QED) is 0.764. The summed E-state index contributed by atoms with van der Waals surface area (Å²) in [6.45, 7) is 14.0. The first kappa shape index (κ1) is 21.4. The third kappa shape index (κ3) is 4.82. The zero-order valence-electron chi connectivity index (χ0n) is 18.8. The highest BCUT2D eigenvalue weighted by atomic mass is 16.6. The Labute approximate surface area is 172 Å². The van der Waals surface area contributed by atoms with E-state index in [4.69, 9.17) is 9.72 Å². The SMILES string of the molecule is Cn1c(=O)n(CC(C)(C)C)c2ccc(C3CCN(C(=O)OC(C)(C)C)CC3)nc21. The Morgan fingerprint density at radius 1 is 1.14 bits per heavy atom. The Hall–Kier alpha value is -2.31. The largest absolute Gasteiger partial charge is 0.444 e. The number of rotatable bonds is 2. The maximum Gasteiger partial charge on any atom is 0.410 e. The predicted molar refractivity (Wildman–Crippen MR) is 114 cm³/mol. The van der Waals surface area contributed by atoms with Crippen LogP contribution in [0.2, 0.25) is 0 Å². The van der Waals surface area contributed by atoms with Crippen molar-refractivity contribution in [3.05, 3.63) is 28.3 Å². The Kier molecular flexibility index (Phi) is 5.54. The second-order valence-electron chi connectivity index (χ2n) is 10.3. The Balaban J connectivity index is 1.78. The number of carbonyl (C=O) groups excluding carboxylic acids is 1. The molecule has 3 heterocycles. The Bertz CT molecular complexity index is 951. The van der Waals surface area contributed by atoms with E-state index in [1.165, 1.54) is 0 Å². The minimum Gasteiger partial charge on any atom is -0.444 e. The van der Waals surface area contributed by atoms with E-state index in [0.29, 0.717) is 19.6 Å². The fourth-order valence-corrected chi connectivity index (χ4v) is 3.83. The van der Waals surface area contributed by atoms with Gasteiger partial charge in [-0.1, -0.05) is 20.8 Å². The Morgan fingerprint density at radius 3 is 2.31 bits per heavy atom. The molecule has 2 aromatic rings. The smallest absolute Gasteiger partial charge is 0.410 e. The van der Waals surface area contributed by atoms with Crippen LogP contribution in [0.3, 0.4) is 0 Å². The lowest BCUT2D eigenvalue weighted by Gasteiger charge is -2.33. The normalized spacial score (nSPS) is 16.4. The van der Waals surface area contributed by atoms with Gasteiger partial charge in [0.1, 0.15) is 5.60 Å². The highest BCUT2D eigenvalue weighted by molar-refractivity contribution is 5.72. The molecule has 0 aliphatic carbocycles. The maximum atomic E-state index is 12.7. The molecule has 0 spiro atoms. The molecule has 1 fully saturated rings. The molecule has 0 unspecified atom stereocenters. The number of carbonyl (C=O) groups is 1. The first-order valence-electron chi connectivity index (χ1n) is 10.4. The molecule has 0 bridgehead atoms. The van der Waals surface area contributed by atoms with Crippen LogP contribution in [0.1, 0.15) is 66.0 Å². The summed E-state index contributed by atoms with van der Waals surface area (Å²) >= 11 is 0. The first-order chi connectivity index (χ1) is 13.4. The summed E-state index contributed by atoms with van der Waals surface area (Å²) in [7, 11) is 1.78. The van der Waals surface area contributed by atoms with Gasteiger partial charge in [0.2, 0.25) is 0 Å². The average molecular weight is 403 g/mol. The highest BCUT2D eigenvalue weighted by Crippen LogP contribution is 2.29. The number of amides is 1. The lowest BCUT2D eigenvalue weighted by Crippen LogP contribution is -2.41. The minimum atomic E-state index is -0.481. The van der Waals surface area contributed by atoms with Gasteiger partial charge >= 0.3 is 11.8 Å². The van der Waals surface area contributed by atoms with Crippen molar-refractivity contribution in [2.75, 3.05) is 13.1 Å². The molecule has 29 heavy (non-hydrogen) atoms. The molecule has 1 aliphatic heterocycles. The lowest BCUT2D eigenvalue weighted by molar-refractivity contribution is 0.0204. The van der Waals surface area contributed by atoms with Crippen molar-refractivity contribution in [2.45, 2.75) is 72.4 Å². The van der Waals surface area contributed by atoms with Gasteiger partial charge in [-0.05, 0) is 51.2 Å². The molecule has 0 saturated carbocycles. The van der Waals surface area contributed by atoms with Gasteiger partial charge in [0.15, 0.2) is 5.65 Å². The van der Waals surface area contributed by atoms with Gasteiger partial charge in [-0.25, -0.2) is 14.6 Å². The fourth-order valence-electron chi connectivity index (χ4n) is 3.83. The number of aryl methyl sites for hydroxylation is 1. The molecular formula is C22H34N4O3. The van der Waals surface area contributed by atoms with Crippen LogP contribution in [0.15, 0.2) is 16.9 Å². The van der Waals surface area contributed by atoms with Crippen LogP contribution < -0.4 is 5.69 Å². The summed E-state index contributed by atoms with van der Waals surface area (Å²) in [6.07, 6.45) is 1.43. The van der Waals surface area contributed by atoms with Gasteiger partial charge in [0.05, 0.1) is 5.52 Å². The van der Waals surface area contributed by atoms with E-state index < -0.39 is 5.60 Å². The zero-order chi connectivity index (χ0) is 21.6. The van der Waals surface area contributed by atoms with Crippen LogP contribution in [0.5, 0.6) is 0 Å². The summed E-state index contributed by atoms with van der Waals surface area (Å²) in [5.74, 6) is 0.277. The standard InChI is InChI=1S/C22H34N4O3/c1-21(2,3)14-26-17-9-8-16(23-18(17)24(7)19(26)27)15-10-12-25(13-11-15)20(28)29-22(4,5)6/h8-9,15H,10-14H2,1-7H3. The van der Waals surface area contributed by atoms with Gasteiger partial charge < -0.3 is 9.64 Å². The molecule has 2 aromatic heterocycles. The topological polar surface area (TPSA) is 69.4 Å². The summed E-state index contributed by atoms with van der Waals surface area (Å²) < 4.78 is 8.93. The molecule has 7 heteroatoms. The molecule has 1 aliphatic rings. The number of imidazole rings is 1. The number of hydrogen-bond acceptors (Lipinski definition) is 4. The molecule has 1 amide bonds. The number of aromatic nitrogens is 3. The van der Waals surface area contributed by atoms with Gasteiger partial charge in [0.25, 0.3) is 0 Å². The van der Waals surface area contributed by atoms with Crippen LogP contribution in [-0.2, 0) is 18.3 Å². The second-order valence-corrected chi connectivity index (χ2v) is 10.3. The van der Waals surface area contributed by atoms with Gasteiger partial charge in [0, 0.05) is 38.3 Å². The molecule has 160 valence electrons. The van der Waals surface area contributed by atoms with Crippen molar-refractivity contribution in [1.82, 2.24) is 19.0 Å². The monoisotopic (exact) mass is 402 g/mol. The number of hydrogen-bond donors (Lipinski definition) is 0. The highest BCUT2D eigenvalue weighted by Gasteiger charge is 2.28. The van der Waals surface area contributed by atoms with E-state index in [2.05, 4.69) is 20.8 Å². The van der Waals surface area contributed by atoms with E-state index in [0.717, 1.165) is 29.7 Å². The first-order valence-corrected chi connectivity index (χ1v) is 10.4. The number of pyridine rings is 1. The number of likely N-dealkylation sites (tertiary alicyclic amines) is 1. The van der Waals surface area contributed by atoms with Crippen LogP contribution >= 0.6 is 0 Å². The number of fused-ring (bicyclic) bond motifs is 1. The number of nitrogens with zero attached hydrogens (tertiary/aromatic N) is 4. The van der Waals surface area contributed by atoms with Crippen molar-refractivity contribution in [3.63, 3.8) is 0 Å². The van der Waals surface area contributed by atoms with Crippen LogP contribution in [0, 0.1) is 5.41 Å². The number of ether oxygens (including phenoxy) is 1. The molecule has 0 aromatic carbocycles. The summed E-state index contributed by atoms with van der Waals surface area (Å²) in [5, 5.41) is 0. The molecule has 7 nitrogen and oxygen atoms in total. The molecule has 0 atom stereocenters. The molecule has 0 N–H and O–H groups in total. The maximum absolute atomic E-state index is 12.7. The van der Waals surface area contributed by atoms with E-state index in [9.17, 15) is 9.59 Å². The van der Waals surface area contributed by atoms with Gasteiger partial charge in [-0.15, -0.1) is 0 Å². The van der Waals surface area contributed by atoms with Crippen molar-refractivity contribution in [2.24, 2.45) is 12.5 Å². The van der Waals surface area contributed by atoms with Crippen molar-refractivity contribution in [1.29, 1.82) is 0 Å². The van der Waals surface area contributed by atoms with Crippen LogP contribution in [-0.4, -0.2) is 43.8 Å². The van der Waals surface area contributed by atoms with Gasteiger partial charge in [-0.2, -0.15) is 0 Å². The van der Waals surface area contributed by atoms with Crippen LogP contribution in [0.4, 0.5) is 4.79 Å². The average Bonchev–Trinajstić information content (AvgIpc) is 2.84. The third-order valence-corrected chi connectivity index (χ3v) is 5.20. The molecular weight excluding hydrogens is 368 g/mol. The third-order valence-electron chi connectivity index (χ3n) is 5.20. The van der Waals surface area contributed by atoms with E-state index in [1.54, 1.807) is 16.5 Å². The van der Waals surface area contributed by atoms with Crippen molar-refractivity contribution < 1.29 is 9.53 Å². The fraction of sp³-hybridized carbons (Fsp3) is 0.682. The minimum absolute atomic E-state index is 0.00523. The number of piperidine rings is 1. The predicted octanol–water partition coefficient (Wildman–Crippen LogP) is 3.90. The Morgan fingerprint density at radius 2 is 1.76 bits per heavy atom. The van der Waals surface area contributed by atoms with E-state index >= 15 is 0 Å². The van der Waals surface area contributed by atoms with Crippen molar-refractivity contribution >= 4 is 17.3 Å². The van der Waals surface area contributed by atoms with Crippen LogP contribution in [0.25, 0.3) is 11.2 Å². The zero-order valence-corrected chi connectivity index (χ0v) is 18.8. The van der Waals surface area contributed by atoms with Crippen molar-refractivity contribution in [3.8, 4) is 0 Å². The summed E-state index contributed by atoms with van der Waals surface area (Å²) in [4.78, 5) is 31.6. The molecule has 3 rings (SSSR count). The van der Waals surface area contributed by atoms with E-state index in [-0.39, 0.29) is 23.1 Å².